The lowest BCUT2D eigenvalue weighted by Gasteiger charge is -2.28. The Hall–Kier alpha value is -3.44. The highest BCUT2D eigenvalue weighted by Crippen LogP contribution is 2.46. The minimum Gasteiger partial charge on any atom is -0.390 e. The maximum absolute atomic E-state index is 13.1. The first-order valence-corrected chi connectivity index (χ1v) is 10.7. The highest BCUT2D eigenvalue weighted by Gasteiger charge is 2.60. The van der Waals surface area contributed by atoms with E-state index in [2.05, 4.69) is 10.6 Å². The summed E-state index contributed by atoms with van der Waals surface area (Å²) in [5.74, 6) is -5.81. The predicted molar refractivity (Wildman–Crippen MR) is 107 cm³/mol. The van der Waals surface area contributed by atoms with Crippen molar-refractivity contribution in [1.82, 2.24) is 15.5 Å². The number of benzene rings is 1. The molecule has 4 N–H and O–H groups in total. The van der Waals surface area contributed by atoms with Gasteiger partial charge in [-0.3, -0.25) is 39.0 Å². The lowest BCUT2D eigenvalue weighted by atomic mass is 9.84. The average molecular weight is 455 g/mol. The molecule has 2 heterocycles. The van der Waals surface area contributed by atoms with E-state index in [0.29, 0.717) is 5.56 Å². The molecule has 2 aliphatic carbocycles. The van der Waals surface area contributed by atoms with Gasteiger partial charge in [-0.05, 0) is 24.5 Å². The number of rotatable bonds is 4. The van der Waals surface area contributed by atoms with E-state index in [9.17, 15) is 39.0 Å². The van der Waals surface area contributed by atoms with Crippen LogP contribution in [0.15, 0.2) is 18.2 Å². The summed E-state index contributed by atoms with van der Waals surface area (Å²) in [4.78, 5) is 75.4. The van der Waals surface area contributed by atoms with Gasteiger partial charge in [0.2, 0.25) is 17.7 Å². The number of hydrogen-bond acceptors (Lipinski definition) is 8. The van der Waals surface area contributed by atoms with Gasteiger partial charge in [-0.25, -0.2) is 0 Å². The summed E-state index contributed by atoms with van der Waals surface area (Å²) >= 11 is 0. The summed E-state index contributed by atoms with van der Waals surface area (Å²) < 4.78 is 0. The number of amides is 5. The van der Waals surface area contributed by atoms with E-state index >= 15 is 0 Å². The van der Waals surface area contributed by atoms with Crippen molar-refractivity contribution in [3.8, 4) is 0 Å². The van der Waals surface area contributed by atoms with Crippen LogP contribution in [0.3, 0.4) is 0 Å². The van der Waals surface area contributed by atoms with Crippen molar-refractivity contribution in [3.63, 3.8) is 0 Å². The van der Waals surface area contributed by atoms with Gasteiger partial charge in [0, 0.05) is 18.9 Å². The lowest BCUT2D eigenvalue weighted by Crippen LogP contribution is -2.54. The fourth-order valence-electron chi connectivity index (χ4n) is 5.46. The molecule has 2 bridgehead atoms. The highest BCUT2D eigenvalue weighted by molar-refractivity contribution is 6.24. The summed E-state index contributed by atoms with van der Waals surface area (Å²) in [6, 6.07) is 3.49. The first-order valence-electron chi connectivity index (χ1n) is 10.7. The number of nitrogens with zero attached hydrogens (tertiary/aromatic N) is 1. The van der Waals surface area contributed by atoms with E-state index in [1.165, 1.54) is 6.07 Å². The molecule has 11 heteroatoms. The molecule has 33 heavy (non-hydrogen) atoms. The molecule has 0 radical (unpaired) electrons. The summed E-state index contributed by atoms with van der Waals surface area (Å²) in [6.07, 6.45) is -2.26. The first kappa shape index (κ1) is 21.4. The molecule has 1 aromatic carbocycles. The van der Waals surface area contributed by atoms with Gasteiger partial charge in [-0.15, -0.1) is 0 Å². The van der Waals surface area contributed by atoms with Crippen molar-refractivity contribution in [1.29, 1.82) is 0 Å². The first-order chi connectivity index (χ1) is 15.7. The Morgan fingerprint density at radius 1 is 1.09 bits per heavy atom. The van der Waals surface area contributed by atoms with E-state index in [0.717, 1.165) is 4.90 Å². The van der Waals surface area contributed by atoms with Crippen molar-refractivity contribution < 1.29 is 39.0 Å². The Bertz CT molecular complexity index is 1130. The lowest BCUT2D eigenvalue weighted by molar-refractivity contribution is -0.136. The second-order valence-electron chi connectivity index (χ2n) is 8.86. The monoisotopic (exact) mass is 455 g/mol. The van der Waals surface area contributed by atoms with E-state index in [-0.39, 0.29) is 42.7 Å². The van der Waals surface area contributed by atoms with Crippen LogP contribution in [-0.4, -0.2) is 68.7 Å². The molecule has 2 aliphatic heterocycles. The van der Waals surface area contributed by atoms with Crippen molar-refractivity contribution in [3.05, 3.63) is 34.9 Å². The smallest absolute Gasteiger partial charge is 0.262 e. The molecule has 5 amide bonds. The van der Waals surface area contributed by atoms with E-state index in [4.69, 9.17) is 0 Å². The maximum atomic E-state index is 13.1. The van der Waals surface area contributed by atoms with Crippen molar-refractivity contribution >= 4 is 35.3 Å². The zero-order valence-corrected chi connectivity index (χ0v) is 17.3. The fraction of sp³-hybridized carbons (Fsp3) is 0.455. The van der Waals surface area contributed by atoms with Gasteiger partial charge in [-0.1, -0.05) is 12.1 Å². The zero-order chi connectivity index (χ0) is 23.6. The number of aliphatic hydroxyl groups excluding tert-OH is 2. The summed E-state index contributed by atoms with van der Waals surface area (Å²) in [6.45, 7) is -0.106. The van der Waals surface area contributed by atoms with Crippen LogP contribution in [0, 0.1) is 17.8 Å². The number of hydrogen-bond donors (Lipinski definition) is 4. The highest BCUT2D eigenvalue weighted by atomic mass is 16.3. The molecule has 1 saturated heterocycles. The topological polar surface area (TPSA) is 170 Å². The van der Waals surface area contributed by atoms with Gasteiger partial charge in [0.25, 0.3) is 11.8 Å². The largest absolute Gasteiger partial charge is 0.390 e. The normalized spacial score (nSPS) is 32.9. The molecule has 0 spiro atoms. The number of Topliss-reactive ketones (excluding diaryl/α,β-unsaturated/α-hetero) is 1. The van der Waals surface area contributed by atoms with Crippen molar-refractivity contribution in [2.45, 2.75) is 44.1 Å². The Morgan fingerprint density at radius 2 is 1.85 bits per heavy atom. The molecule has 1 aromatic rings. The number of piperidine rings is 1. The molecule has 2 saturated carbocycles. The third-order valence-electron chi connectivity index (χ3n) is 7.11. The number of ketones is 1. The van der Waals surface area contributed by atoms with E-state index in [1.807, 2.05) is 0 Å². The molecule has 6 atom stereocenters. The average Bonchev–Trinajstić information content (AvgIpc) is 3.32. The minimum absolute atomic E-state index is 0.00947. The second-order valence-corrected chi connectivity index (χ2v) is 8.86. The molecule has 5 rings (SSSR count). The molecule has 172 valence electrons. The number of carbonyl (C=O) groups is 6. The molecule has 3 fully saturated rings. The van der Waals surface area contributed by atoms with Gasteiger partial charge in [0.1, 0.15) is 11.8 Å². The summed E-state index contributed by atoms with van der Waals surface area (Å²) in [5.41, 5.74) is 0.543. The quantitative estimate of drug-likeness (QED) is 0.388. The zero-order valence-electron chi connectivity index (χ0n) is 17.3. The van der Waals surface area contributed by atoms with Crippen molar-refractivity contribution in [2.75, 3.05) is 0 Å². The molecular weight excluding hydrogens is 434 g/mol. The number of aliphatic hydroxyl groups is 2. The van der Waals surface area contributed by atoms with Gasteiger partial charge in [-0.2, -0.15) is 0 Å². The summed E-state index contributed by atoms with van der Waals surface area (Å²) in [5, 5.41) is 24.7. The van der Waals surface area contributed by atoms with Crippen LogP contribution < -0.4 is 10.6 Å². The van der Waals surface area contributed by atoms with Crippen LogP contribution in [0.1, 0.15) is 45.5 Å². The number of nitrogens with one attached hydrogen (secondary N) is 2. The van der Waals surface area contributed by atoms with Crippen LogP contribution in [0.2, 0.25) is 0 Å². The number of carbonyl (C=O) groups excluding carboxylic acids is 6. The van der Waals surface area contributed by atoms with Gasteiger partial charge in [0.15, 0.2) is 0 Å². The Kier molecular flexibility index (Phi) is 4.91. The third kappa shape index (κ3) is 3.10. The van der Waals surface area contributed by atoms with Crippen LogP contribution in [0.5, 0.6) is 0 Å². The number of fused-ring (bicyclic) bond motifs is 3. The molecule has 0 aromatic heterocycles. The Morgan fingerprint density at radius 3 is 2.52 bits per heavy atom. The summed E-state index contributed by atoms with van der Waals surface area (Å²) in [7, 11) is 0. The molecular formula is C22H21N3O8. The van der Waals surface area contributed by atoms with Crippen molar-refractivity contribution in [2.24, 2.45) is 17.8 Å². The number of imide groups is 2. The predicted octanol–water partition coefficient (Wildman–Crippen LogP) is -1.74. The fourth-order valence-corrected chi connectivity index (χ4v) is 5.46. The minimum atomic E-state index is -1.28. The molecule has 2 unspecified atom stereocenters. The van der Waals surface area contributed by atoms with E-state index in [1.54, 1.807) is 12.1 Å². The molecule has 4 aliphatic rings. The van der Waals surface area contributed by atoms with Crippen LogP contribution in [0.25, 0.3) is 0 Å². The van der Waals surface area contributed by atoms with E-state index < -0.39 is 65.5 Å². The van der Waals surface area contributed by atoms with Crippen LogP contribution in [0.4, 0.5) is 0 Å². The Balaban J connectivity index is 1.33. The third-order valence-corrected chi connectivity index (χ3v) is 7.11. The van der Waals surface area contributed by atoms with Gasteiger partial charge < -0.3 is 15.5 Å². The van der Waals surface area contributed by atoms with Gasteiger partial charge in [0.05, 0.1) is 35.2 Å². The SMILES string of the molecule is O=C1CCC(N2C(=O)c3cccc(CNC(=O)[C@H]4C[C@@H]5C(=O)C4[C@H](O)[C@@H]5O)c3C2=O)C(=O)N1. The van der Waals surface area contributed by atoms with Gasteiger partial charge >= 0.3 is 0 Å². The Labute approximate surface area is 187 Å². The maximum Gasteiger partial charge on any atom is 0.262 e. The van der Waals surface area contributed by atoms with Crippen LogP contribution in [-0.2, 0) is 25.7 Å². The molecule has 11 nitrogen and oxygen atoms in total. The second kappa shape index (κ2) is 7.56. The standard InChI is InChI=1S/C22H21N3O8/c26-13-5-4-12(20(31)24-13)25-21(32)9-3-1-2-8(14(9)22(25)33)7-23-19(30)10-6-11-16(27)15(10)18(29)17(11)28/h1-3,10-12,15,17-18,28-29H,4-7H2,(H,23,30)(H,24,26,31)/t10-,11+,12?,15?,17+,18-/m0/s1. The van der Waals surface area contributed by atoms with Crippen LogP contribution >= 0.6 is 0 Å².